The maximum Gasteiger partial charge on any atom is 0.0498 e. The van der Waals surface area contributed by atoms with Crippen LogP contribution in [0.15, 0.2) is 42.7 Å². The van der Waals surface area contributed by atoms with Gasteiger partial charge in [0.25, 0.3) is 0 Å². The fourth-order valence-electron chi connectivity index (χ4n) is 4.52. The first kappa shape index (κ1) is 18.2. The average molecular weight is 362 g/mol. The van der Waals surface area contributed by atoms with Crippen molar-refractivity contribution >= 4 is 10.9 Å². The van der Waals surface area contributed by atoms with Crippen LogP contribution in [0.2, 0.25) is 0 Å². The van der Waals surface area contributed by atoms with Crippen molar-refractivity contribution in [2.75, 3.05) is 19.6 Å². The second kappa shape index (κ2) is 8.26. The number of benzene rings is 1. The van der Waals surface area contributed by atoms with Gasteiger partial charge in [-0.2, -0.15) is 0 Å². The van der Waals surface area contributed by atoms with Crippen molar-refractivity contribution in [3.63, 3.8) is 0 Å². The summed E-state index contributed by atoms with van der Waals surface area (Å²) in [6, 6.07) is 11.3. The van der Waals surface area contributed by atoms with Gasteiger partial charge in [-0.25, -0.2) is 0 Å². The van der Waals surface area contributed by atoms with Gasteiger partial charge in [-0.3, -0.25) is 4.98 Å². The van der Waals surface area contributed by atoms with Crippen LogP contribution in [0.4, 0.5) is 0 Å². The van der Waals surface area contributed by atoms with Crippen molar-refractivity contribution in [1.29, 1.82) is 0 Å². The molecule has 0 saturated carbocycles. The molecule has 1 saturated heterocycles. The third-order valence-corrected chi connectivity index (χ3v) is 6.14. The van der Waals surface area contributed by atoms with Crippen LogP contribution in [0.5, 0.6) is 0 Å². The van der Waals surface area contributed by atoms with Crippen LogP contribution in [0.3, 0.4) is 0 Å². The van der Waals surface area contributed by atoms with E-state index in [4.69, 9.17) is 0 Å². The molecule has 142 valence electrons. The standard InChI is InChI=1S/C24H31N3/c1-3-5-14-27-15-10-18(11-16-27)20-6-7-23-22(17-20)21(4-2)24(26-23)19-8-12-25-13-9-19/h6-9,12-13,17-18,26H,3-5,10-11,14-16H2,1-2H3. The van der Waals surface area contributed by atoms with E-state index in [1.165, 1.54) is 78.6 Å². The Labute approximate surface area is 162 Å². The fourth-order valence-corrected chi connectivity index (χ4v) is 4.52. The summed E-state index contributed by atoms with van der Waals surface area (Å²) < 4.78 is 0. The van der Waals surface area contributed by atoms with Crippen LogP contribution >= 0.6 is 0 Å². The van der Waals surface area contributed by atoms with Gasteiger partial charge in [-0.15, -0.1) is 0 Å². The predicted molar refractivity (Wildman–Crippen MR) is 114 cm³/mol. The number of aromatic amines is 1. The number of piperidine rings is 1. The van der Waals surface area contributed by atoms with E-state index >= 15 is 0 Å². The number of nitrogens with zero attached hydrogens (tertiary/aromatic N) is 2. The number of aryl methyl sites for hydroxylation is 1. The summed E-state index contributed by atoms with van der Waals surface area (Å²) in [4.78, 5) is 10.5. The van der Waals surface area contributed by atoms with E-state index in [1.807, 2.05) is 12.4 Å². The lowest BCUT2D eigenvalue weighted by molar-refractivity contribution is 0.210. The highest BCUT2D eigenvalue weighted by atomic mass is 15.1. The number of H-pyrrole nitrogens is 1. The molecule has 0 bridgehead atoms. The van der Waals surface area contributed by atoms with Gasteiger partial charge in [-0.05, 0) is 86.6 Å². The molecule has 1 N–H and O–H groups in total. The summed E-state index contributed by atoms with van der Waals surface area (Å²) in [6.07, 6.45) is 9.99. The molecule has 2 aromatic heterocycles. The van der Waals surface area contributed by atoms with Crippen molar-refractivity contribution in [1.82, 2.24) is 14.9 Å². The predicted octanol–water partition coefficient (Wildman–Crippen LogP) is 5.77. The summed E-state index contributed by atoms with van der Waals surface area (Å²) in [6.45, 7) is 8.31. The number of aromatic nitrogens is 2. The second-order valence-corrected chi connectivity index (χ2v) is 7.84. The number of likely N-dealkylation sites (tertiary alicyclic amines) is 1. The van der Waals surface area contributed by atoms with Gasteiger partial charge in [0, 0.05) is 34.6 Å². The Balaban J connectivity index is 1.59. The molecule has 3 aromatic rings. The van der Waals surface area contributed by atoms with Crippen LogP contribution in [-0.2, 0) is 6.42 Å². The normalized spacial score (nSPS) is 16.2. The zero-order valence-corrected chi connectivity index (χ0v) is 16.7. The van der Waals surface area contributed by atoms with Gasteiger partial charge < -0.3 is 9.88 Å². The number of fused-ring (bicyclic) bond motifs is 1. The van der Waals surface area contributed by atoms with Crippen molar-refractivity contribution < 1.29 is 0 Å². The molecule has 0 spiro atoms. The van der Waals surface area contributed by atoms with Crippen molar-refractivity contribution in [3.05, 3.63) is 53.9 Å². The lowest BCUT2D eigenvalue weighted by Gasteiger charge is -2.32. The number of hydrogen-bond donors (Lipinski definition) is 1. The maximum absolute atomic E-state index is 4.16. The molecule has 3 heteroatoms. The highest BCUT2D eigenvalue weighted by Gasteiger charge is 2.21. The topological polar surface area (TPSA) is 31.9 Å². The molecule has 0 amide bonds. The Morgan fingerprint density at radius 3 is 2.56 bits per heavy atom. The summed E-state index contributed by atoms with van der Waals surface area (Å²) in [5, 5.41) is 1.40. The fraction of sp³-hybridized carbons (Fsp3) is 0.458. The van der Waals surface area contributed by atoms with Gasteiger partial charge in [0.05, 0.1) is 0 Å². The Morgan fingerprint density at radius 1 is 1.07 bits per heavy atom. The maximum atomic E-state index is 4.16. The Kier molecular flexibility index (Phi) is 5.58. The third-order valence-electron chi connectivity index (χ3n) is 6.14. The average Bonchev–Trinajstić information content (AvgIpc) is 3.11. The minimum atomic E-state index is 0.705. The zero-order valence-electron chi connectivity index (χ0n) is 16.7. The SMILES string of the molecule is CCCCN1CCC(c2ccc3[nH]c(-c4ccncc4)c(CC)c3c2)CC1. The van der Waals surface area contributed by atoms with Crippen molar-refractivity contribution in [3.8, 4) is 11.3 Å². The first-order valence-electron chi connectivity index (χ1n) is 10.6. The summed E-state index contributed by atoms with van der Waals surface area (Å²) >= 11 is 0. The molecule has 1 fully saturated rings. The van der Waals surface area contributed by atoms with E-state index < -0.39 is 0 Å². The van der Waals surface area contributed by atoms with Gasteiger partial charge in [-0.1, -0.05) is 26.3 Å². The second-order valence-electron chi connectivity index (χ2n) is 7.84. The lowest BCUT2D eigenvalue weighted by atomic mass is 9.88. The van der Waals surface area contributed by atoms with Crippen molar-refractivity contribution in [2.24, 2.45) is 0 Å². The molecule has 4 rings (SSSR count). The van der Waals surface area contributed by atoms with E-state index in [1.54, 1.807) is 0 Å². The van der Waals surface area contributed by atoms with Gasteiger partial charge in [0.2, 0.25) is 0 Å². The molecular weight excluding hydrogens is 330 g/mol. The smallest absolute Gasteiger partial charge is 0.0498 e. The largest absolute Gasteiger partial charge is 0.354 e. The number of pyridine rings is 1. The Hall–Kier alpha value is -2.13. The van der Waals surface area contributed by atoms with Crippen LogP contribution in [0, 0.1) is 0 Å². The molecule has 0 unspecified atom stereocenters. The zero-order chi connectivity index (χ0) is 18.6. The summed E-state index contributed by atoms with van der Waals surface area (Å²) in [5.74, 6) is 0.705. The van der Waals surface area contributed by atoms with Crippen molar-refractivity contribution in [2.45, 2.75) is 51.9 Å². The van der Waals surface area contributed by atoms with E-state index in [9.17, 15) is 0 Å². The molecule has 1 aliphatic heterocycles. The van der Waals surface area contributed by atoms with E-state index in [-0.39, 0.29) is 0 Å². The third kappa shape index (κ3) is 3.79. The van der Waals surface area contributed by atoms with Gasteiger partial charge in [0.15, 0.2) is 0 Å². The molecule has 3 heterocycles. The lowest BCUT2D eigenvalue weighted by Crippen LogP contribution is -2.33. The number of rotatable bonds is 6. The summed E-state index contributed by atoms with van der Waals surface area (Å²) in [5.41, 5.74) is 6.68. The van der Waals surface area contributed by atoms with Crippen LogP contribution in [0.25, 0.3) is 22.2 Å². The monoisotopic (exact) mass is 361 g/mol. The van der Waals surface area contributed by atoms with E-state index in [0.717, 1.165) is 6.42 Å². The molecule has 3 nitrogen and oxygen atoms in total. The summed E-state index contributed by atoms with van der Waals surface area (Å²) in [7, 11) is 0. The van der Waals surface area contributed by atoms with Gasteiger partial charge in [0.1, 0.15) is 0 Å². The first-order chi connectivity index (χ1) is 13.3. The van der Waals surface area contributed by atoms with Gasteiger partial charge >= 0.3 is 0 Å². The molecule has 1 aromatic carbocycles. The van der Waals surface area contributed by atoms with Crippen LogP contribution in [0.1, 0.15) is 56.6 Å². The number of unbranched alkanes of at least 4 members (excludes halogenated alkanes) is 1. The Morgan fingerprint density at radius 2 is 1.85 bits per heavy atom. The minimum Gasteiger partial charge on any atom is -0.354 e. The molecule has 27 heavy (non-hydrogen) atoms. The minimum absolute atomic E-state index is 0.705. The quantitative estimate of drug-likeness (QED) is 0.604. The molecule has 0 atom stereocenters. The van der Waals surface area contributed by atoms with E-state index in [2.05, 4.69) is 59.0 Å². The highest BCUT2D eigenvalue weighted by molar-refractivity contribution is 5.91. The Bertz CT molecular complexity index is 873. The van der Waals surface area contributed by atoms with Crippen LogP contribution in [-0.4, -0.2) is 34.5 Å². The molecule has 0 radical (unpaired) electrons. The van der Waals surface area contributed by atoms with Crippen LogP contribution < -0.4 is 0 Å². The first-order valence-corrected chi connectivity index (χ1v) is 10.6. The molecule has 0 aliphatic carbocycles. The van der Waals surface area contributed by atoms with E-state index in [0.29, 0.717) is 5.92 Å². The molecular formula is C24H31N3. The number of nitrogens with one attached hydrogen (secondary N) is 1. The highest BCUT2D eigenvalue weighted by Crippen LogP contribution is 2.35. The molecule has 1 aliphatic rings. The number of hydrogen-bond acceptors (Lipinski definition) is 2.